The first-order valence-corrected chi connectivity index (χ1v) is 6.08. The van der Waals surface area contributed by atoms with Crippen molar-refractivity contribution in [3.8, 4) is 11.4 Å². The van der Waals surface area contributed by atoms with Crippen LogP contribution in [0.2, 0.25) is 0 Å². The molecule has 0 saturated carbocycles. The Kier molecular flexibility index (Phi) is 4.08. The van der Waals surface area contributed by atoms with Crippen molar-refractivity contribution < 1.29 is 22.8 Å². The van der Waals surface area contributed by atoms with Crippen LogP contribution >= 0.6 is 0 Å². The maximum absolute atomic E-state index is 12.6. The van der Waals surface area contributed by atoms with Crippen LogP contribution in [0.3, 0.4) is 0 Å². The summed E-state index contributed by atoms with van der Waals surface area (Å²) in [7, 11) is 0. The third kappa shape index (κ3) is 3.36. The molecule has 1 heterocycles. The maximum atomic E-state index is 12.6. The third-order valence-corrected chi connectivity index (χ3v) is 2.80. The SMILES string of the molecule is CCC(O)Cc1nc(-c2cccc(C(F)(F)F)c2)no1. The third-order valence-electron chi connectivity index (χ3n) is 2.80. The van der Waals surface area contributed by atoms with Crippen LogP contribution in [0, 0.1) is 0 Å². The van der Waals surface area contributed by atoms with E-state index in [1.54, 1.807) is 6.92 Å². The molecule has 0 aliphatic heterocycles. The van der Waals surface area contributed by atoms with Gasteiger partial charge in [-0.25, -0.2) is 0 Å². The Hall–Kier alpha value is -1.89. The zero-order valence-electron chi connectivity index (χ0n) is 10.7. The normalized spacial score (nSPS) is 13.4. The number of aliphatic hydroxyl groups is 1. The molecule has 1 aromatic heterocycles. The molecule has 1 unspecified atom stereocenters. The Bertz CT molecular complexity index is 581. The Morgan fingerprint density at radius 1 is 1.35 bits per heavy atom. The highest BCUT2D eigenvalue weighted by Crippen LogP contribution is 2.31. The molecule has 108 valence electrons. The van der Waals surface area contributed by atoms with Crippen LogP contribution in [-0.2, 0) is 12.6 Å². The summed E-state index contributed by atoms with van der Waals surface area (Å²) >= 11 is 0. The van der Waals surface area contributed by atoms with Gasteiger partial charge in [-0.3, -0.25) is 0 Å². The largest absolute Gasteiger partial charge is 0.416 e. The highest BCUT2D eigenvalue weighted by Gasteiger charge is 2.30. The molecule has 1 aromatic carbocycles. The van der Waals surface area contributed by atoms with Crippen molar-refractivity contribution in [3.63, 3.8) is 0 Å². The summed E-state index contributed by atoms with van der Waals surface area (Å²) in [6.45, 7) is 1.80. The summed E-state index contributed by atoms with van der Waals surface area (Å²) in [5.74, 6) is 0.279. The molecule has 1 N–H and O–H groups in total. The zero-order chi connectivity index (χ0) is 14.8. The maximum Gasteiger partial charge on any atom is 0.416 e. The molecule has 0 aliphatic carbocycles. The molecule has 1 atom stereocenters. The molecule has 0 radical (unpaired) electrons. The quantitative estimate of drug-likeness (QED) is 0.938. The van der Waals surface area contributed by atoms with E-state index in [1.165, 1.54) is 12.1 Å². The Morgan fingerprint density at radius 2 is 2.10 bits per heavy atom. The number of halogens is 3. The second-order valence-electron chi connectivity index (χ2n) is 4.36. The van der Waals surface area contributed by atoms with Gasteiger partial charge in [0.1, 0.15) is 0 Å². The topological polar surface area (TPSA) is 59.2 Å². The first-order chi connectivity index (χ1) is 9.40. The van der Waals surface area contributed by atoms with Crippen LogP contribution in [0.15, 0.2) is 28.8 Å². The van der Waals surface area contributed by atoms with Crippen LogP contribution in [0.5, 0.6) is 0 Å². The van der Waals surface area contributed by atoms with Gasteiger partial charge < -0.3 is 9.63 Å². The molecular weight excluding hydrogens is 273 g/mol. The van der Waals surface area contributed by atoms with Gasteiger partial charge in [-0.05, 0) is 18.6 Å². The summed E-state index contributed by atoms with van der Waals surface area (Å²) < 4.78 is 42.7. The van der Waals surface area contributed by atoms with Crippen LogP contribution in [-0.4, -0.2) is 21.4 Å². The van der Waals surface area contributed by atoms with Gasteiger partial charge in [-0.2, -0.15) is 18.2 Å². The number of aliphatic hydroxyl groups excluding tert-OH is 1. The predicted molar refractivity (Wildman–Crippen MR) is 64.7 cm³/mol. The summed E-state index contributed by atoms with van der Waals surface area (Å²) in [5, 5.41) is 13.1. The molecular formula is C13H13F3N2O2. The van der Waals surface area contributed by atoms with Crippen molar-refractivity contribution in [2.75, 3.05) is 0 Å². The number of aromatic nitrogens is 2. The van der Waals surface area contributed by atoms with Crippen molar-refractivity contribution in [1.82, 2.24) is 10.1 Å². The van der Waals surface area contributed by atoms with Gasteiger partial charge in [-0.15, -0.1) is 0 Å². The molecule has 0 saturated heterocycles. The molecule has 0 fully saturated rings. The van der Waals surface area contributed by atoms with Gasteiger partial charge >= 0.3 is 6.18 Å². The lowest BCUT2D eigenvalue weighted by molar-refractivity contribution is -0.137. The Balaban J connectivity index is 2.24. The smallest absolute Gasteiger partial charge is 0.393 e. The lowest BCUT2D eigenvalue weighted by atomic mass is 10.1. The van der Waals surface area contributed by atoms with Crippen LogP contribution in [0.1, 0.15) is 24.8 Å². The van der Waals surface area contributed by atoms with E-state index in [4.69, 9.17) is 4.52 Å². The number of benzene rings is 1. The first kappa shape index (κ1) is 14.5. The molecule has 0 amide bonds. The molecule has 20 heavy (non-hydrogen) atoms. The van der Waals surface area contributed by atoms with Gasteiger partial charge in [0.2, 0.25) is 11.7 Å². The predicted octanol–water partition coefficient (Wildman–Crippen LogP) is 3.07. The highest BCUT2D eigenvalue weighted by molar-refractivity contribution is 5.55. The van der Waals surface area contributed by atoms with E-state index in [1.807, 2.05) is 0 Å². The van der Waals surface area contributed by atoms with E-state index < -0.39 is 17.8 Å². The molecule has 4 nitrogen and oxygen atoms in total. The van der Waals surface area contributed by atoms with Crippen molar-refractivity contribution in [3.05, 3.63) is 35.7 Å². The van der Waals surface area contributed by atoms with Crippen LogP contribution in [0.4, 0.5) is 13.2 Å². The van der Waals surface area contributed by atoms with Crippen LogP contribution in [0.25, 0.3) is 11.4 Å². The summed E-state index contributed by atoms with van der Waals surface area (Å²) in [6, 6.07) is 4.70. The fourth-order valence-electron chi connectivity index (χ4n) is 1.64. The average molecular weight is 286 g/mol. The van der Waals surface area contributed by atoms with Crippen LogP contribution < -0.4 is 0 Å². The molecule has 7 heteroatoms. The molecule has 2 aromatic rings. The lowest BCUT2D eigenvalue weighted by Crippen LogP contribution is -2.08. The first-order valence-electron chi connectivity index (χ1n) is 6.08. The molecule has 0 bridgehead atoms. The molecule has 2 rings (SSSR count). The number of rotatable bonds is 4. The summed E-state index contributed by atoms with van der Waals surface area (Å²) in [5.41, 5.74) is -0.546. The van der Waals surface area contributed by atoms with Gasteiger partial charge in [0.25, 0.3) is 0 Å². The second-order valence-corrected chi connectivity index (χ2v) is 4.36. The summed E-state index contributed by atoms with van der Waals surface area (Å²) in [4.78, 5) is 3.99. The van der Waals surface area contributed by atoms with E-state index in [2.05, 4.69) is 10.1 Å². The fourth-order valence-corrected chi connectivity index (χ4v) is 1.64. The van der Waals surface area contributed by atoms with E-state index in [0.717, 1.165) is 12.1 Å². The van der Waals surface area contributed by atoms with Gasteiger partial charge in [0.15, 0.2) is 0 Å². The number of hydrogen-bond acceptors (Lipinski definition) is 4. The molecule has 0 spiro atoms. The zero-order valence-corrected chi connectivity index (χ0v) is 10.7. The van der Waals surface area contributed by atoms with Crippen molar-refractivity contribution in [2.45, 2.75) is 32.0 Å². The average Bonchev–Trinajstić information content (AvgIpc) is 2.86. The van der Waals surface area contributed by atoms with E-state index in [9.17, 15) is 18.3 Å². The van der Waals surface area contributed by atoms with E-state index in [0.29, 0.717) is 6.42 Å². The summed E-state index contributed by atoms with van der Waals surface area (Å²) in [6.07, 6.45) is -4.31. The number of alkyl halides is 3. The van der Waals surface area contributed by atoms with E-state index in [-0.39, 0.29) is 23.7 Å². The van der Waals surface area contributed by atoms with Gasteiger partial charge in [0.05, 0.1) is 18.1 Å². The number of nitrogens with zero attached hydrogens (tertiary/aromatic N) is 2. The second kappa shape index (κ2) is 5.62. The Morgan fingerprint density at radius 3 is 2.75 bits per heavy atom. The minimum absolute atomic E-state index is 0.0782. The Labute approximate surface area is 113 Å². The highest BCUT2D eigenvalue weighted by atomic mass is 19.4. The standard InChI is InChI=1S/C13H13F3N2O2/c1-2-10(19)7-11-17-12(18-20-11)8-4-3-5-9(6-8)13(14,15)16/h3-6,10,19H,2,7H2,1H3. The minimum atomic E-state index is -4.42. The molecule has 0 aliphatic rings. The monoisotopic (exact) mass is 286 g/mol. The van der Waals surface area contributed by atoms with Crippen molar-refractivity contribution in [1.29, 1.82) is 0 Å². The van der Waals surface area contributed by atoms with Crippen molar-refractivity contribution >= 4 is 0 Å². The van der Waals surface area contributed by atoms with E-state index >= 15 is 0 Å². The van der Waals surface area contributed by atoms with Crippen molar-refractivity contribution in [2.24, 2.45) is 0 Å². The van der Waals surface area contributed by atoms with Gasteiger partial charge in [-0.1, -0.05) is 24.2 Å². The minimum Gasteiger partial charge on any atom is -0.393 e. The number of hydrogen-bond donors (Lipinski definition) is 1. The fraction of sp³-hybridized carbons (Fsp3) is 0.385. The lowest BCUT2D eigenvalue weighted by Gasteiger charge is -2.06. The van der Waals surface area contributed by atoms with Gasteiger partial charge in [0, 0.05) is 5.56 Å².